The molecule has 23 heavy (non-hydrogen) atoms. The highest BCUT2D eigenvalue weighted by Gasteiger charge is 2.42. The lowest BCUT2D eigenvalue weighted by molar-refractivity contribution is 0.101. The summed E-state index contributed by atoms with van der Waals surface area (Å²) in [6, 6.07) is 10.7. The summed E-state index contributed by atoms with van der Waals surface area (Å²) >= 11 is 0. The predicted molar refractivity (Wildman–Crippen MR) is 86.9 cm³/mol. The van der Waals surface area contributed by atoms with Gasteiger partial charge in [0.15, 0.2) is 0 Å². The van der Waals surface area contributed by atoms with Crippen molar-refractivity contribution >= 4 is 0 Å². The Morgan fingerprint density at radius 3 is 2.96 bits per heavy atom. The molecule has 0 amide bonds. The normalized spacial score (nSPS) is 24.3. The first-order chi connectivity index (χ1) is 11.2. The van der Waals surface area contributed by atoms with Gasteiger partial charge in [0.1, 0.15) is 0 Å². The fourth-order valence-corrected chi connectivity index (χ4v) is 4.26. The van der Waals surface area contributed by atoms with Crippen LogP contribution in [-0.2, 0) is 6.42 Å². The number of pyridine rings is 1. The van der Waals surface area contributed by atoms with Gasteiger partial charge in [-0.1, -0.05) is 24.3 Å². The van der Waals surface area contributed by atoms with Crippen LogP contribution in [0.4, 0.5) is 0 Å². The van der Waals surface area contributed by atoms with Crippen LogP contribution in [0.2, 0.25) is 0 Å². The lowest BCUT2D eigenvalue weighted by Gasteiger charge is -2.25. The highest BCUT2D eigenvalue weighted by Crippen LogP contribution is 2.50. The third-order valence-electron chi connectivity index (χ3n) is 5.27. The minimum Gasteiger partial charge on any atom is -0.388 e. The second-order valence-corrected chi connectivity index (χ2v) is 6.56. The molecule has 2 aliphatic rings. The van der Waals surface area contributed by atoms with Crippen molar-refractivity contribution in [1.29, 1.82) is 0 Å². The number of nitrogens with zero attached hydrogens (tertiary/aromatic N) is 3. The van der Waals surface area contributed by atoms with Crippen LogP contribution in [0.1, 0.15) is 34.5 Å². The molecular formula is C19H17N3O. The van der Waals surface area contributed by atoms with Crippen molar-refractivity contribution in [3.05, 3.63) is 71.4 Å². The first-order valence-corrected chi connectivity index (χ1v) is 7.98. The highest BCUT2D eigenvalue weighted by atomic mass is 16.3. The molecule has 114 valence electrons. The second kappa shape index (κ2) is 4.52. The van der Waals surface area contributed by atoms with Crippen LogP contribution in [0.25, 0.3) is 11.3 Å². The maximum atomic E-state index is 10.9. The minimum absolute atomic E-state index is 0.116. The van der Waals surface area contributed by atoms with E-state index in [0.717, 1.165) is 23.4 Å². The van der Waals surface area contributed by atoms with Crippen LogP contribution in [-0.4, -0.2) is 19.6 Å². The maximum Gasteiger partial charge on any atom is 0.0956 e. The second-order valence-electron chi connectivity index (χ2n) is 6.56. The molecule has 1 aliphatic heterocycles. The van der Waals surface area contributed by atoms with Gasteiger partial charge in [0.2, 0.25) is 0 Å². The molecule has 0 radical (unpaired) electrons. The Balaban J connectivity index is 1.64. The molecule has 1 N–H and O–H groups in total. The molecule has 0 saturated heterocycles. The Morgan fingerprint density at radius 1 is 1.17 bits per heavy atom. The molecule has 3 aromatic rings. The third-order valence-corrected chi connectivity index (χ3v) is 5.27. The van der Waals surface area contributed by atoms with Gasteiger partial charge in [-0.3, -0.25) is 4.98 Å². The van der Waals surface area contributed by atoms with Gasteiger partial charge in [0, 0.05) is 28.9 Å². The molecule has 5 rings (SSSR count). The molecule has 2 aromatic heterocycles. The fourth-order valence-electron chi connectivity index (χ4n) is 4.26. The van der Waals surface area contributed by atoms with Crippen LogP contribution in [0.3, 0.4) is 0 Å². The highest BCUT2D eigenvalue weighted by molar-refractivity contribution is 5.69. The lowest BCUT2D eigenvalue weighted by atomic mass is 9.88. The molecule has 4 nitrogen and oxygen atoms in total. The molecular weight excluding hydrogens is 286 g/mol. The van der Waals surface area contributed by atoms with Crippen LogP contribution in [0, 0.1) is 12.8 Å². The van der Waals surface area contributed by atoms with Gasteiger partial charge in [-0.2, -0.15) is 0 Å². The van der Waals surface area contributed by atoms with Gasteiger partial charge in [-0.25, -0.2) is 4.98 Å². The van der Waals surface area contributed by atoms with Crippen LogP contribution < -0.4 is 0 Å². The molecule has 3 heterocycles. The van der Waals surface area contributed by atoms with E-state index in [9.17, 15) is 5.11 Å². The average Bonchev–Trinajstić information content (AvgIpc) is 3.21. The van der Waals surface area contributed by atoms with E-state index in [2.05, 4.69) is 44.9 Å². The van der Waals surface area contributed by atoms with Crippen molar-refractivity contribution in [2.24, 2.45) is 5.92 Å². The summed E-state index contributed by atoms with van der Waals surface area (Å²) in [6.45, 7) is 2.00. The third kappa shape index (κ3) is 1.70. The summed E-state index contributed by atoms with van der Waals surface area (Å²) in [4.78, 5) is 8.68. The average molecular weight is 303 g/mol. The molecule has 1 unspecified atom stereocenters. The van der Waals surface area contributed by atoms with Crippen molar-refractivity contribution in [2.75, 3.05) is 0 Å². The Hall–Kier alpha value is -2.46. The van der Waals surface area contributed by atoms with E-state index in [1.54, 1.807) is 0 Å². The molecule has 0 bridgehead atoms. The van der Waals surface area contributed by atoms with E-state index in [1.165, 1.54) is 16.7 Å². The topological polar surface area (TPSA) is 50.9 Å². The van der Waals surface area contributed by atoms with E-state index < -0.39 is 6.10 Å². The first kappa shape index (κ1) is 13.0. The van der Waals surface area contributed by atoms with Gasteiger partial charge in [-0.15, -0.1) is 0 Å². The maximum absolute atomic E-state index is 10.9. The fraction of sp³-hybridized carbons (Fsp3) is 0.263. The van der Waals surface area contributed by atoms with Crippen LogP contribution in [0.15, 0.2) is 49.1 Å². The Kier molecular flexibility index (Phi) is 2.56. The number of fused-ring (bicyclic) bond motifs is 4. The number of hydrogen-bond acceptors (Lipinski definition) is 3. The SMILES string of the molecule is Cc1cc2c(cn1)[C@H](O)[C@H](C1c3ccccc3-c3cncn31)C2. The van der Waals surface area contributed by atoms with Gasteiger partial charge in [0.05, 0.1) is 30.4 Å². The largest absolute Gasteiger partial charge is 0.388 e. The molecule has 0 fully saturated rings. The Morgan fingerprint density at radius 2 is 2.04 bits per heavy atom. The van der Waals surface area contributed by atoms with E-state index in [4.69, 9.17) is 0 Å². The van der Waals surface area contributed by atoms with Crippen molar-refractivity contribution < 1.29 is 5.11 Å². The predicted octanol–water partition coefficient (Wildman–Crippen LogP) is 3.06. The number of benzene rings is 1. The zero-order valence-electron chi connectivity index (χ0n) is 12.8. The number of hydrogen-bond donors (Lipinski definition) is 1. The lowest BCUT2D eigenvalue weighted by Crippen LogP contribution is -2.21. The summed E-state index contributed by atoms with van der Waals surface area (Å²) in [6.07, 6.45) is 6.03. The summed E-state index contributed by atoms with van der Waals surface area (Å²) in [5.41, 5.74) is 6.86. The van der Waals surface area contributed by atoms with E-state index in [-0.39, 0.29) is 12.0 Å². The summed E-state index contributed by atoms with van der Waals surface area (Å²) in [7, 11) is 0. The Bertz CT molecular complexity index is 914. The number of aliphatic hydroxyl groups is 1. The molecule has 3 atom stereocenters. The minimum atomic E-state index is -0.482. The molecule has 0 spiro atoms. The number of aliphatic hydroxyl groups excluding tert-OH is 1. The quantitative estimate of drug-likeness (QED) is 0.751. The molecule has 1 aromatic carbocycles. The van der Waals surface area contributed by atoms with Gasteiger partial charge >= 0.3 is 0 Å². The summed E-state index contributed by atoms with van der Waals surface area (Å²) in [5.74, 6) is 0.116. The molecule has 4 heteroatoms. The zero-order valence-corrected chi connectivity index (χ0v) is 12.8. The van der Waals surface area contributed by atoms with Crippen molar-refractivity contribution in [3.8, 4) is 11.3 Å². The molecule has 0 saturated carbocycles. The van der Waals surface area contributed by atoms with E-state index in [0.29, 0.717) is 0 Å². The van der Waals surface area contributed by atoms with Crippen molar-refractivity contribution in [3.63, 3.8) is 0 Å². The number of imidazole rings is 1. The number of rotatable bonds is 1. The monoisotopic (exact) mass is 303 g/mol. The Labute approximate surface area is 134 Å². The van der Waals surface area contributed by atoms with Crippen molar-refractivity contribution in [2.45, 2.75) is 25.5 Å². The number of aryl methyl sites for hydroxylation is 1. The van der Waals surface area contributed by atoms with Gasteiger partial charge in [0.25, 0.3) is 0 Å². The van der Waals surface area contributed by atoms with Gasteiger partial charge in [-0.05, 0) is 30.5 Å². The number of aromatic nitrogens is 3. The first-order valence-electron chi connectivity index (χ1n) is 7.98. The van der Waals surface area contributed by atoms with Crippen LogP contribution in [0.5, 0.6) is 0 Å². The van der Waals surface area contributed by atoms with Gasteiger partial charge < -0.3 is 9.67 Å². The smallest absolute Gasteiger partial charge is 0.0956 e. The van der Waals surface area contributed by atoms with Crippen LogP contribution >= 0.6 is 0 Å². The van der Waals surface area contributed by atoms with E-state index >= 15 is 0 Å². The summed E-state index contributed by atoms with van der Waals surface area (Å²) in [5, 5.41) is 10.9. The van der Waals surface area contributed by atoms with E-state index in [1.807, 2.05) is 25.6 Å². The standard InChI is InChI=1S/C19H17N3O/c1-11-6-12-7-15(19(23)16(12)8-21-11)18-14-5-3-2-4-13(14)17-9-20-10-22(17)18/h2-6,8-10,15,18-19,23H,7H2,1H3/t15-,18?,19+/m0/s1. The zero-order chi connectivity index (χ0) is 15.6. The van der Waals surface area contributed by atoms with Crippen molar-refractivity contribution in [1.82, 2.24) is 14.5 Å². The summed E-state index contributed by atoms with van der Waals surface area (Å²) < 4.78 is 2.21. The molecule has 1 aliphatic carbocycles.